The number of nitrogens with zero attached hydrogens (tertiary/aromatic N) is 7. The molecule has 0 aliphatic heterocycles. The fraction of sp³-hybridized carbons (Fsp3) is 0.0385. The number of aromatic nitrogens is 7. The molecule has 0 saturated heterocycles. The first-order chi connectivity index (χ1) is 31.2. The van der Waals surface area contributed by atoms with Gasteiger partial charge >= 0.3 is 0 Å². The van der Waals surface area contributed by atoms with Crippen LogP contribution in [-0.2, 0) is 0 Å². The zero-order chi connectivity index (χ0) is 43.1. The van der Waals surface area contributed by atoms with Gasteiger partial charge in [-0.1, -0.05) is 48.5 Å². The van der Waals surface area contributed by atoms with Gasteiger partial charge in [-0.05, 0) is 105 Å². The van der Waals surface area contributed by atoms with Crippen molar-refractivity contribution in [1.82, 2.24) is 33.6 Å². The number of rotatable bonds is 7. The highest BCUT2D eigenvalue weighted by atomic mass is 16.5. The SMILES string of the molecule is [2H]C([2H])([2H])c1cc(C)nc(-n2c3cc(Oc4ccc5c6ccccc6n(-c6ccccn6)c5c4)ccc3c3ccc(Oc4ccc5c6ccccc6n(-c6ccccn6)c5c4)cc32)n1. The lowest BCUT2D eigenvalue weighted by molar-refractivity contribution is 0.484. The van der Waals surface area contributed by atoms with Crippen molar-refractivity contribution in [2.45, 2.75) is 13.8 Å². The summed E-state index contributed by atoms with van der Waals surface area (Å²) in [6.07, 6.45) is 3.59. The third-order valence-electron chi connectivity index (χ3n) is 11.3. The van der Waals surface area contributed by atoms with E-state index in [1.165, 1.54) is 6.07 Å². The van der Waals surface area contributed by atoms with E-state index >= 15 is 0 Å². The van der Waals surface area contributed by atoms with Gasteiger partial charge in [0, 0.05) is 84.5 Å². The molecule has 0 unspecified atom stereocenters. The first kappa shape index (κ1) is 31.7. The molecule has 0 radical (unpaired) electrons. The highest BCUT2D eigenvalue weighted by molar-refractivity contribution is 6.11. The number of fused-ring (bicyclic) bond motifs is 9. The van der Waals surface area contributed by atoms with Crippen LogP contribution in [-0.4, -0.2) is 33.6 Å². The van der Waals surface area contributed by atoms with Crippen LogP contribution in [0.15, 0.2) is 176 Å². The predicted octanol–water partition coefficient (Wildman–Crippen LogP) is 12.8. The molecular formula is C52H35N7O2. The molecule has 6 aromatic carbocycles. The van der Waals surface area contributed by atoms with E-state index in [4.69, 9.17) is 18.6 Å². The monoisotopic (exact) mass is 792 g/mol. The second-order valence-electron chi connectivity index (χ2n) is 15.0. The van der Waals surface area contributed by atoms with E-state index in [1.54, 1.807) is 19.3 Å². The minimum absolute atomic E-state index is 0.0435. The van der Waals surface area contributed by atoms with Crippen molar-refractivity contribution in [2.75, 3.05) is 0 Å². The summed E-state index contributed by atoms with van der Waals surface area (Å²) >= 11 is 0. The quantitative estimate of drug-likeness (QED) is 0.160. The molecule has 9 nitrogen and oxygen atoms in total. The van der Waals surface area contributed by atoms with Crippen LogP contribution in [0.4, 0.5) is 0 Å². The molecule has 12 rings (SSSR count). The molecule has 12 aromatic rings. The average Bonchev–Trinajstić information content (AvgIpc) is 3.93. The van der Waals surface area contributed by atoms with E-state index in [9.17, 15) is 0 Å². The minimum atomic E-state index is -2.45. The maximum Gasteiger partial charge on any atom is 0.235 e. The average molecular weight is 793 g/mol. The molecule has 6 heterocycles. The Hall–Kier alpha value is -8.30. The largest absolute Gasteiger partial charge is 0.457 e. The molecule has 0 amide bonds. The van der Waals surface area contributed by atoms with Gasteiger partial charge in [0.2, 0.25) is 5.95 Å². The molecule has 0 bridgehead atoms. The summed E-state index contributed by atoms with van der Waals surface area (Å²) in [7, 11) is 0. The van der Waals surface area contributed by atoms with Crippen molar-refractivity contribution in [3.63, 3.8) is 0 Å². The Labute approximate surface area is 353 Å². The summed E-state index contributed by atoms with van der Waals surface area (Å²) in [6, 6.07) is 53.8. The molecule has 0 fully saturated rings. The van der Waals surface area contributed by atoms with Gasteiger partial charge < -0.3 is 9.47 Å². The van der Waals surface area contributed by atoms with Gasteiger partial charge in [-0.3, -0.25) is 13.7 Å². The Morgan fingerprint density at radius 2 is 0.787 bits per heavy atom. The number of hydrogen-bond donors (Lipinski definition) is 0. The number of hydrogen-bond acceptors (Lipinski definition) is 6. The molecule has 6 aromatic heterocycles. The van der Waals surface area contributed by atoms with E-state index in [0.29, 0.717) is 28.7 Å². The van der Waals surface area contributed by atoms with Gasteiger partial charge in [0.25, 0.3) is 0 Å². The molecule has 0 N–H and O–H groups in total. The van der Waals surface area contributed by atoms with E-state index < -0.39 is 6.85 Å². The molecule has 0 saturated carbocycles. The van der Waals surface area contributed by atoms with Gasteiger partial charge in [0.15, 0.2) is 0 Å². The van der Waals surface area contributed by atoms with Gasteiger partial charge in [0.1, 0.15) is 34.6 Å². The number of aryl methyl sites for hydroxylation is 2. The fourth-order valence-corrected chi connectivity index (χ4v) is 8.74. The lowest BCUT2D eigenvalue weighted by Crippen LogP contribution is -2.03. The highest BCUT2D eigenvalue weighted by Gasteiger charge is 2.19. The zero-order valence-corrected chi connectivity index (χ0v) is 32.7. The van der Waals surface area contributed by atoms with Gasteiger partial charge in [-0.2, -0.15) is 0 Å². The summed E-state index contributed by atoms with van der Waals surface area (Å²) in [5, 5.41) is 6.21. The Kier molecular flexibility index (Phi) is 7.08. The van der Waals surface area contributed by atoms with Crippen LogP contribution in [0.25, 0.3) is 83.0 Å². The molecular weight excluding hydrogens is 755 g/mol. The number of ether oxygens (including phenoxy) is 2. The van der Waals surface area contributed by atoms with Gasteiger partial charge in [0.05, 0.1) is 33.1 Å². The minimum Gasteiger partial charge on any atom is -0.457 e. The number of para-hydroxylation sites is 2. The molecule has 290 valence electrons. The van der Waals surface area contributed by atoms with Gasteiger partial charge in [-0.25, -0.2) is 19.9 Å². The van der Waals surface area contributed by atoms with E-state index in [1.807, 2.05) is 126 Å². The number of benzene rings is 6. The van der Waals surface area contributed by atoms with Crippen LogP contribution >= 0.6 is 0 Å². The van der Waals surface area contributed by atoms with Crippen molar-refractivity contribution < 1.29 is 13.6 Å². The molecule has 0 aliphatic rings. The molecule has 9 heteroatoms. The first-order valence-electron chi connectivity index (χ1n) is 21.4. The maximum atomic E-state index is 8.24. The topological polar surface area (TPSA) is 84.8 Å². The Morgan fingerprint density at radius 3 is 1.21 bits per heavy atom. The number of pyridine rings is 2. The lowest BCUT2D eigenvalue weighted by Gasteiger charge is -2.11. The van der Waals surface area contributed by atoms with Crippen LogP contribution in [0, 0.1) is 13.8 Å². The fourth-order valence-electron chi connectivity index (χ4n) is 8.74. The third kappa shape index (κ3) is 5.70. The summed E-state index contributed by atoms with van der Waals surface area (Å²) in [5.74, 6) is 4.27. The third-order valence-corrected chi connectivity index (χ3v) is 11.3. The summed E-state index contributed by atoms with van der Waals surface area (Å²) < 4.78 is 44.2. The van der Waals surface area contributed by atoms with Crippen molar-refractivity contribution in [1.29, 1.82) is 0 Å². The normalized spacial score (nSPS) is 12.7. The van der Waals surface area contributed by atoms with Gasteiger partial charge in [-0.15, -0.1) is 0 Å². The second-order valence-corrected chi connectivity index (χ2v) is 15.0. The van der Waals surface area contributed by atoms with Crippen molar-refractivity contribution in [3.8, 4) is 40.6 Å². The van der Waals surface area contributed by atoms with Crippen molar-refractivity contribution >= 4 is 65.4 Å². The second kappa shape index (κ2) is 13.6. The van der Waals surface area contributed by atoms with E-state index in [2.05, 4.69) is 60.5 Å². The predicted molar refractivity (Wildman–Crippen MR) is 243 cm³/mol. The Bertz CT molecular complexity index is 3590. The Morgan fingerprint density at radius 1 is 0.393 bits per heavy atom. The maximum absolute atomic E-state index is 8.24. The van der Waals surface area contributed by atoms with Crippen LogP contribution < -0.4 is 9.47 Å². The highest BCUT2D eigenvalue weighted by Crippen LogP contribution is 2.40. The lowest BCUT2D eigenvalue weighted by atomic mass is 10.1. The molecule has 0 spiro atoms. The van der Waals surface area contributed by atoms with Crippen molar-refractivity contribution in [3.05, 3.63) is 188 Å². The van der Waals surface area contributed by atoms with Crippen LogP contribution in [0.2, 0.25) is 0 Å². The summed E-state index contributed by atoms with van der Waals surface area (Å²) in [5.41, 5.74) is 5.96. The summed E-state index contributed by atoms with van der Waals surface area (Å²) in [6.45, 7) is -0.672. The first-order valence-corrected chi connectivity index (χ1v) is 19.9. The molecule has 0 aliphatic carbocycles. The van der Waals surface area contributed by atoms with Crippen LogP contribution in [0.3, 0.4) is 0 Å². The molecule has 61 heavy (non-hydrogen) atoms. The Balaban J connectivity index is 0.991. The smallest absolute Gasteiger partial charge is 0.235 e. The standard InChI is InChI=1S/C52H35N7O2/c1-32-27-33(2)56-52(55-32)59-48-30-36(60-34-17-21-40-38-11-3-5-13-44(38)57(46(40)28-34)50-15-7-9-25-53-50)19-23-42(48)43-24-20-37(31-49(43)59)61-35-18-22-41-39-12-4-6-14-45(39)58(47(41)29-35)51-16-8-10-26-54-51/h3-31H,1-2H3/i1D3. The van der Waals surface area contributed by atoms with Crippen LogP contribution in [0.1, 0.15) is 15.5 Å². The van der Waals surface area contributed by atoms with Crippen LogP contribution in [0.5, 0.6) is 23.0 Å². The summed E-state index contributed by atoms with van der Waals surface area (Å²) in [4.78, 5) is 18.8. The zero-order valence-electron chi connectivity index (χ0n) is 35.7. The van der Waals surface area contributed by atoms with E-state index in [0.717, 1.165) is 77.1 Å². The molecule has 0 atom stereocenters. The van der Waals surface area contributed by atoms with E-state index in [-0.39, 0.29) is 11.6 Å². The van der Waals surface area contributed by atoms with Crippen molar-refractivity contribution in [2.24, 2.45) is 0 Å².